The molecule has 0 fully saturated rings. The van der Waals surface area contributed by atoms with Crippen molar-refractivity contribution in [3.8, 4) is 0 Å². The zero-order valence-corrected chi connectivity index (χ0v) is 11.2. The van der Waals surface area contributed by atoms with Crippen molar-refractivity contribution in [1.82, 2.24) is 4.98 Å². The maximum atomic E-state index is 11.0. The van der Waals surface area contributed by atoms with Gasteiger partial charge in [-0.05, 0) is 19.4 Å². The number of nitrogen functional groups attached to an aromatic ring is 1. The summed E-state index contributed by atoms with van der Waals surface area (Å²) in [6.07, 6.45) is 3.64. The van der Waals surface area contributed by atoms with E-state index in [1.54, 1.807) is 6.26 Å². The SMILES string of the molecule is CC(CCS(C)=O)Nc1ncc(C(=O)O)cc1N. The number of hydrogen-bond acceptors (Lipinski definition) is 5. The standard InChI is InChI=1S/C11H17N3O3S/c1-7(3-4-18(2)17)14-10-9(12)5-8(6-13-10)11(15)16/h5-7H,3-4,12H2,1-2H3,(H,13,14)(H,15,16). The van der Waals surface area contributed by atoms with Crippen LogP contribution in [0.15, 0.2) is 12.3 Å². The highest BCUT2D eigenvalue weighted by molar-refractivity contribution is 7.84. The Morgan fingerprint density at radius 3 is 2.83 bits per heavy atom. The van der Waals surface area contributed by atoms with Gasteiger partial charge in [-0.1, -0.05) is 0 Å². The van der Waals surface area contributed by atoms with E-state index in [1.165, 1.54) is 12.3 Å². The van der Waals surface area contributed by atoms with Crippen LogP contribution in [0, 0.1) is 0 Å². The highest BCUT2D eigenvalue weighted by Gasteiger charge is 2.10. The molecule has 2 atom stereocenters. The number of pyridine rings is 1. The lowest BCUT2D eigenvalue weighted by Crippen LogP contribution is -2.19. The molecule has 100 valence electrons. The highest BCUT2D eigenvalue weighted by atomic mass is 32.2. The van der Waals surface area contributed by atoms with E-state index < -0.39 is 16.8 Å². The summed E-state index contributed by atoms with van der Waals surface area (Å²) in [6.45, 7) is 1.93. The lowest BCUT2D eigenvalue weighted by Gasteiger charge is -2.15. The summed E-state index contributed by atoms with van der Waals surface area (Å²) in [5.74, 6) is -0.00839. The minimum atomic E-state index is -1.06. The number of carboxylic acids is 1. The Bertz CT molecular complexity index is 465. The van der Waals surface area contributed by atoms with E-state index >= 15 is 0 Å². The molecule has 0 aromatic carbocycles. The average molecular weight is 271 g/mol. The summed E-state index contributed by atoms with van der Waals surface area (Å²) < 4.78 is 11.0. The number of aromatic carboxylic acids is 1. The van der Waals surface area contributed by atoms with Gasteiger partial charge >= 0.3 is 5.97 Å². The number of nitrogens with one attached hydrogen (secondary N) is 1. The first-order valence-corrected chi connectivity index (χ1v) is 7.18. The molecule has 0 spiro atoms. The summed E-state index contributed by atoms with van der Waals surface area (Å²) in [5.41, 5.74) is 6.06. The molecule has 0 saturated heterocycles. The fourth-order valence-corrected chi connectivity index (χ4v) is 2.05. The monoisotopic (exact) mass is 271 g/mol. The van der Waals surface area contributed by atoms with Gasteiger partial charge in [0.2, 0.25) is 0 Å². The van der Waals surface area contributed by atoms with Crippen LogP contribution in [0.1, 0.15) is 23.7 Å². The fraction of sp³-hybridized carbons (Fsp3) is 0.455. The van der Waals surface area contributed by atoms with Crippen LogP contribution in [0.5, 0.6) is 0 Å². The maximum absolute atomic E-state index is 11.0. The number of carboxylic acid groups (broad SMARTS) is 1. The van der Waals surface area contributed by atoms with Gasteiger partial charge in [-0.3, -0.25) is 4.21 Å². The van der Waals surface area contributed by atoms with Crippen molar-refractivity contribution in [1.29, 1.82) is 0 Å². The largest absolute Gasteiger partial charge is 0.478 e. The van der Waals surface area contributed by atoms with Gasteiger partial charge in [-0.15, -0.1) is 0 Å². The van der Waals surface area contributed by atoms with Crippen LogP contribution >= 0.6 is 0 Å². The third-order valence-corrected chi connectivity index (χ3v) is 3.20. The molecule has 0 saturated carbocycles. The zero-order valence-electron chi connectivity index (χ0n) is 10.3. The summed E-state index contributed by atoms with van der Waals surface area (Å²) in [4.78, 5) is 14.7. The quantitative estimate of drug-likeness (QED) is 0.711. The predicted molar refractivity (Wildman–Crippen MR) is 72.2 cm³/mol. The molecule has 1 heterocycles. The van der Waals surface area contributed by atoms with Crippen LogP contribution in [0.2, 0.25) is 0 Å². The van der Waals surface area contributed by atoms with E-state index in [0.717, 1.165) is 6.42 Å². The van der Waals surface area contributed by atoms with Crippen LogP contribution < -0.4 is 11.1 Å². The Labute approximate surface area is 108 Å². The molecular weight excluding hydrogens is 254 g/mol. The van der Waals surface area contributed by atoms with E-state index in [1.807, 2.05) is 6.92 Å². The van der Waals surface area contributed by atoms with Crippen molar-refractivity contribution in [2.45, 2.75) is 19.4 Å². The number of nitrogens with zero attached hydrogens (tertiary/aromatic N) is 1. The lowest BCUT2D eigenvalue weighted by molar-refractivity contribution is 0.0696. The lowest BCUT2D eigenvalue weighted by atomic mass is 10.2. The van der Waals surface area contributed by atoms with E-state index in [0.29, 0.717) is 17.3 Å². The smallest absolute Gasteiger partial charge is 0.337 e. The van der Waals surface area contributed by atoms with Crippen LogP contribution in [0.25, 0.3) is 0 Å². The Hall–Kier alpha value is -1.63. The van der Waals surface area contributed by atoms with E-state index in [-0.39, 0.29) is 11.6 Å². The first kappa shape index (κ1) is 14.4. The van der Waals surface area contributed by atoms with Crippen LogP contribution in [-0.4, -0.2) is 38.3 Å². The number of nitrogens with two attached hydrogens (primary N) is 1. The van der Waals surface area contributed by atoms with Crippen molar-refractivity contribution in [3.63, 3.8) is 0 Å². The van der Waals surface area contributed by atoms with Gasteiger partial charge in [-0.25, -0.2) is 9.78 Å². The molecule has 0 radical (unpaired) electrons. The minimum absolute atomic E-state index is 0.0559. The molecule has 1 aromatic rings. The molecule has 18 heavy (non-hydrogen) atoms. The van der Waals surface area contributed by atoms with Crippen LogP contribution in [-0.2, 0) is 10.8 Å². The molecule has 0 aliphatic rings. The highest BCUT2D eigenvalue weighted by Crippen LogP contribution is 2.17. The molecule has 6 nitrogen and oxygen atoms in total. The third kappa shape index (κ3) is 4.33. The molecule has 0 amide bonds. The Morgan fingerprint density at radius 2 is 2.33 bits per heavy atom. The molecule has 2 unspecified atom stereocenters. The van der Waals surface area contributed by atoms with Gasteiger partial charge in [0, 0.05) is 35.0 Å². The van der Waals surface area contributed by atoms with Gasteiger partial charge in [0.15, 0.2) is 0 Å². The van der Waals surface area contributed by atoms with E-state index in [2.05, 4.69) is 10.3 Å². The van der Waals surface area contributed by atoms with E-state index in [4.69, 9.17) is 10.8 Å². The topological polar surface area (TPSA) is 105 Å². The number of hydrogen-bond donors (Lipinski definition) is 3. The second-order valence-electron chi connectivity index (χ2n) is 4.08. The van der Waals surface area contributed by atoms with E-state index in [9.17, 15) is 9.00 Å². The van der Waals surface area contributed by atoms with Gasteiger partial charge < -0.3 is 16.2 Å². The predicted octanol–water partition coefficient (Wildman–Crippen LogP) is 0.931. The van der Waals surface area contributed by atoms with Gasteiger partial charge in [0.1, 0.15) is 5.82 Å². The van der Waals surface area contributed by atoms with Crippen LogP contribution in [0.3, 0.4) is 0 Å². The van der Waals surface area contributed by atoms with Crippen molar-refractivity contribution >= 4 is 28.3 Å². The van der Waals surface area contributed by atoms with Crippen molar-refractivity contribution < 1.29 is 14.1 Å². The van der Waals surface area contributed by atoms with Crippen LogP contribution in [0.4, 0.5) is 11.5 Å². The first-order chi connectivity index (χ1) is 8.40. The van der Waals surface area contributed by atoms with Crippen molar-refractivity contribution in [2.24, 2.45) is 0 Å². The Kier molecular flexibility index (Phi) is 5.08. The normalized spacial score (nSPS) is 13.9. The van der Waals surface area contributed by atoms with Crippen molar-refractivity contribution in [2.75, 3.05) is 23.1 Å². The number of rotatable bonds is 6. The maximum Gasteiger partial charge on any atom is 0.337 e. The molecule has 7 heteroatoms. The minimum Gasteiger partial charge on any atom is -0.478 e. The summed E-state index contributed by atoms with van der Waals surface area (Å²) in [6, 6.07) is 1.43. The van der Waals surface area contributed by atoms with Gasteiger partial charge in [-0.2, -0.15) is 0 Å². The average Bonchev–Trinajstić information content (AvgIpc) is 2.29. The number of carbonyl (C=O) groups is 1. The summed E-state index contributed by atoms with van der Waals surface area (Å²) >= 11 is 0. The van der Waals surface area contributed by atoms with Crippen molar-refractivity contribution in [3.05, 3.63) is 17.8 Å². The molecule has 1 rings (SSSR count). The molecule has 0 aliphatic carbocycles. The van der Waals surface area contributed by atoms with Gasteiger partial charge in [0.25, 0.3) is 0 Å². The molecule has 0 bridgehead atoms. The Balaban J connectivity index is 2.67. The fourth-order valence-electron chi connectivity index (χ4n) is 1.37. The number of anilines is 2. The third-order valence-electron chi connectivity index (χ3n) is 2.39. The zero-order chi connectivity index (χ0) is 13.7. The van der Waals surface area contributed by atoms with Gasteiger partial charge in [0.05, 0.1) is 11.3 Å². The second-order valence-corrected chi connectivity index (χ2v) is 5.63. The summed E-state index contributed by atoms with van der Waals surface area (Å²) in [7, 11) is -0.829. The number of aromatic nitrogens is 1. The second kappa shape index (κ2) is 6.34. The first-order valence-electron chi connectivity index (χ1n) is 5.45. The Morgan fingerprint density at radius 1 is 1.67 bits per heavy atom. The summed E-state index contributed by atoms with van der Waals surface area (Å²) in [5, 5.41) is 11.8. The molecule has 1 aromatic heterocycles. The molecule has 0 aliphatic heterocycles. The molecule has 4 N–H and O–H groups in total. The molecular formula is C11H17N3O3S.